The lowest BCUT2D eigenvalue weighted by Crippen LogP contribution is -2.21. The molecule has 0 spiro atoms. The van der Waals surface area contributed by atoms with E-state index in [1.165, 1.54) is 18.4 Å². The van der Waals surface area contributed by atoms with Gasteiger partial charge in [0.1, 0.15) is 4.88 Å². The summed E-state index contributed by atoms with van der Waals surface area (Å²) in [6.07, 6.45) is 0. The normalized spacial score (nSPS) is 10.1. The lowest BCUT2D eigenvalue weighted by Gasteiger charge is -2.16. The Morgan fingerprint density at radius 1 is 1.47 bits per heavy atom. The molecular formula is C10H16N2O2S. The maximum Gasteiger partial charge on any atom is 0.350 e. The summed E-state index contributed by atoms with van der Waals surface area (Å²) in [6, 6.07) is 0. The van der Waals surface area contributed by atoms with Crippen LogP contribution in [0.5, 0.6) is 0 Å². The first-order valence-electron chi connectivity index (χ1n) is 4.94. The second kappa shape index (κ2) is 5.11. The predicted molar refractivity (Wildman–Crippen MR) is 61.8 cm³/mol. The van der Waals surface area contributed by atoms with Gasteiger partial charge in [-0.1, -0.05) is 11.3 Å². The minimum atomic E-state index is -0.302. The zero-order valence-corrected chi connectivity index (χ0v) is 10.3. The van der Waals surface area contributed by atoms with Gasteiger partial charge in [-0.05, 0) is 20.8 Å². The monoisotopic (exact) mass is 228 g/mol. The van der Waals surface area contributed by atoms with E-state index in [9.17, 15) is 4.79 Å². The van der Waals surface area contributed by atoms with E-state index in [4.69, 9.17) is 4.74 Å². The predicted octanol–water partition coefficient (Wildman–Crippen LogP) is 2.08. The number of anilines is 1. The van der Waals surface area contributed by atoms with Gasteiger partial charge in [0.05, 0.1) is 12.8 Å². The van der Waals surface area contributed by atoms with Crippen LogP contribution in [0.4, 0.5) is 5.13 Å². The van der Waals surface area contributed by atoms with Crippen molar-refractivity contribution in [3.8, 4) is 0 Å². The molecule has 0 amide bonds. The fraction of sp³-hybridized carbons (Fsp3) is 0.600. The molecule has 0 radical (unpaired) electrons. The second-order valence-electron chi connectivity index (χ2n) is 3.07. The van der Waals surface area contributed by atoms with Crippen LogP contribution in [0.3, 0.4) is 0 Å². The number of hydrogen-bond donors (Lipinski definition) is 0. The Hall–Kier alpha value is -1.10. The summed E-state index contributed by atoms with van der Waals surface area (Å²) in [5, 5.41) is 0.887. The highest BCUT2D eigenvalue weighted by Gasteiger charge is 2.17. The highest BCUT2D eigenvalue weighted by molar-refractivity contribution is 7.17. The summed E-state index contributed by atoms with van der Waals surface area (Å²) in [5.41, 5.74) is 0.744. The lowest BCUT2D eigenvalue weighted by atomic mass is 10.4. The zero-order valence-electron chi connectivity index (χ0n) is 9.53. The van der Waals surface area contributed by atoms with Crippen LogP contribution in [-0.4, -0.2) is 31.2 Å². The molecule has 1 aromatic rings. The number of nitrogens with zero attached hydrogens (tertiary/aromatic N) is 2. The molecule has 0 unspecified atom stereocenters. The fourth-order valence-electron chi connectivity index (χ4n) is 1.29. The average Bonchev–Trinajstić information content (AvgIpc) is 2.61. The highest BCUT2D eigenvalue weighted by atomic mass is 32.1. The van der Waals surface area contributed by atoms with Gasteiger partial charge in [0.25, 0.3) is 0 Å². The molecule has 1 heterocycles. The fourth-order valence-corrected chi connectivity index (χ4v) is 2.41. The van der Waals surface area contributed by atoms with E-state index in [0.29, 0.717) is 4.88 Å². The SMILES string of the molecule is CCN(CC)c1nc(C)c(C(=O)OC)s1. The van der Waals surface area contributed by atoms with Gasteiger partial charge in [0.15, 0.2) is 5.13 Å². The molecule has 0 fully saturated rings. The van der Waals surface area contributed by atoms with E-state index in [1.54, 1.807) is 0 Å². The topological polar surface area (TPSA) is 42.4 Å². The molecule has 1 rings (SSSR count). The summed E-state index contributed by atoms with van der Waals surface area (Å²) < 4.78 is 4.69. The van der Waals surface area contributed by atoms with Crippen LogP contribution < -0.4 is 4.90 Å². The quantitative estimate of drug-likeness (QED) is 0.740. The van der Waals surface area contributed by atoms with Gasteiger partial charge in [0, 0.05) is 13.1 Å². The maximum atomic E-state index is 11.4. The van der Waals surface area contributed by atoms with Crippen LogP contribution in [0, 0.1) is 6.92 Å². The molecule has 4 nitrogen and oxygen atoms in total. The van der Waals surface area contributed by atoms with Crippen LogP contribution in [-0.2, 0) is 4.74 Å². The van der Waals surface area contributed by atoms with E-state index >= 15 is 0 Å². The molecule has 0 N–H and O–H groups in total. The van der Waals surface area contributed by atoms with Crippen LogP contribution in [0.2, 0.25) is 0 Å². The first-order chi connectivity index (χ1) is 7.13. The van der Waals surface area contributed by atoms with Gasteiger partial charge >= 0.3 is 5.97 Å². The molecule has 0 saturated heterocycles. The van der Waals surface area contributed by atoms with Crippen molar-refractivity contribution in [2.45, 2.75) is 20.8 Å². The molecule has 0 aliphatic carbocycles. The Bertz CT molecular complexity index is 345. The molecule has 5 heteroatoms. The van der Waals surface area contributed by atoms with E-state index in [-0.39, 0.29) is 5.97 Å². The average molecular weight is 228 g/mol. The van der Waals surface area contributed by atoms with Crippen LogP contribution >= 0.6 is 11.3 Å². The number of rotatable bonds is 4. The molecule has 0 aliphatic heterocycles. The lowest BCUT2D eigenvalue weighted by molar-refractivity contribution is 0.0605. The standard InChI is InChI=1S/C10H16N2O2S/c1-5-12(6-2)10-11-7(3)8(15-10)9(13)14-4/h5-6H2,1-4H3. The van der Waals surface area contributed by atoms with E-state index in [2.05, 4.69) is 23.7 Å². The third-order valence-electron chi connectivity index (χ3n) is 2.19. The first-order valence-corrected chi connectivity index (χ1v) is 5.76. The zero-order chi connectivity index (χ0) is 11.4. The minimum absolute atomic E-state index is 0.302. The molecule has 0 atom stereocenters. The van der Waals surface area contributed by atoms with E-state index < -0.39 is 0 Å². The van der Waals surface area contributed by atoms with Gasteiger partial charge in [-0.25, -0.2) is 9.78 Å². The summed E-state index contributed by atoms with van der Waals surface area (Å²) >= 11 is 1.39. The van der Waals surface area contributed by atoms with Gasteiger partial charge in [-0.2, -0.15) is 0 Å². The first kappa shape index (κ1) is 12.0. The van der Waals surface area contributed by atoms with Gasteiger partial charge in [0.2, 0.25) is 0 Å². The van der Waals surface area contributed by atoms with Crippen LogP contribution in [0.1, 0.15) is 29.2 Å². The van der Waals surface area contributed by atoms with Gasteiger partial charge < -0.3 is 9.64 Å². The Kier molecular flexibility index (Phi) is 4.08. The van der Waals surface area contributed by atoms with Crippen molar-refractivity contribution < 1.29 is 9.53 Å². The smallest absolute Gasteiger partial charge is 0.350 e. The summed E-state index contributed by atoms with van der Waals surface area (Å²) in [6.45, 7) is 7.75. The van der Waals surface area contributed by atoms with Crippen LogP contribution in [0.15, 0.2) is 0 Å². The number of methoxy groups -OCH3 is 1. The number of esters is 1. The third-order valence-corrected chi connectivity index (χ3v) is 3.39. The molecule has 15 heavy (non-hydrogen) atoms. The van der Waals surface area contributed by atoms with Gasteiger partial charge in [-0.3, -0.25) is 0 Å². The second-order valence-corrected chi connectivity index (χ2v) is 4.05. The Labute approximate surface area is 93.9 Å². The molecule has 84 valence electrons. The number of thiazole rings is 1. The Morgan fingerprint density at radius 2 is 2.07 bits per heavy atom. The van der Waals surface area contributed by atoms with E-state index in [1.807, 2.05) is 6.92 Å². The molecular weight excluding hydrogens is 212 g/mol. The Morgan fingerprint density at radius 3 is 2.53 bits per heavy atom. The summed E-state index contributed by atoms with van der Waals surface area (Å²) in [7, 11) is 1.39. The number of hydrogen-bond acceptors (Lipinski definition) is 5. The van der Waals surface area contributed by atoms with Crippen molar-refractivity contribution in [2.75, 3.05) is 25.1 Å². The van der Waals surface area contributed by atoms with E-state index in [0.717, 1.165) is 23.9 Å². The number of carbonyl (C=O) groups excluding carboxylic acids is 1. The van der Waals surface area contributed by atoms with Crippen molar-refractivity contribution in [3.05, 3.63) is 10.6 Å². The molecule has 0 aromatic carbocycles. The highest BCUT2D eigenvalue weighted by Crippen LogP contribution is 2.26. The van der Waals surface area contributed by atoms with Crippen molar-refractivity contribution >= 4 is 22.4 Å². The summed E-state index contributed by atoms with van der Waals surface area (Å²) in [5.74, 6) is -0.302. The van der Waals surface area contributed by atoms with Crippen LogP contribution in [0.25, 0.3) is 0 Å². The number of ether oxygens (including phenoxy) is 1. The largest absolute Gasteiger partial charge is 0.465 e. The molecule has 0 saturated carbocycles. The number of aryl methyl sites for hydroxylation is 1. The molecule has 0 aliphatic rings. The van der Waals surface area contributed by atoms with Gasteiger partial charge in [-0.15, -0.1) is 0 Å². The molecule has 1 aromatic heterocycles. The maximum absolute atomic E-state index is 11.4. The van der Waals surface area contributed by atoms with Crippen molar-refractivity contribution in [1.29, 1.82) is 0 Å². The third kappa shape index (κ3) is 2.47. The summed E-state index contributed by atoms with van der Waals surface area (Å²) in [4.78, 5) is 18.5. The molecule has 0 bridgehead atoms. The van der Waals surface area contributed by atoms with Crippen molar-refractivity contribution in [1.82, 2.24) is 4.98 Å². The van der Waals surface area contributed by atoms with Crippen molar-refractivity contribution in [2.24, 2.45) is 0 Å². The number of carbonyl (C=O) groups is 1. The Balaban J connectivity index is 2.99. The van der Waals surface area contributed by atoms with Crippen molar-refractivity contribution in [3.63, 3.8) is 0 Å². The number of aromatic nitrogens is 1. The minimum Gasteiger partial charge on any atom is -0.465 e.